The quantitative estimate of drug-likeness (QED) is 0.654. The van der Waals surface area contributed by atoms with Gasteiger partial charge in [-0.25, -0.2) is 0 Å². The molecule has 17 heavy (non-hydrogen) atoms. The Kier molecular flexibility index (Phi) is 2.52. The van der Waals surface area contributed by atoms with Crippen LogP contribution >= 0.6 is 15.9 Å². The number of aryl methyl sites for hydroxylation is 1. The third kappa shape index (κ3) is 2.01. The SMILES string of the molecule is Cc1ccc2[nH]c(-c3cccc(Br)c3)cc2c1. The van der Waals surface area contributed by atoms with Crippen LogP contribution in [0.15, 0.2) is 53.0 Å². The van der Waals surface area contributed by atoms with Crippen molar-refractivity contribution in [1.29, 1.82) is 0 Å². The number of aromatic nitrogens is 1. The van der Waals surface area contributed by atoms with E-state index in [0.717, 1.165) is 10.2 Å². The van der Waals surface area contributed by atoms with Crippen molar-refractivity contribution in [2.75, 3.05) is 0 Å². The summed E-state index contributed by atoms with van der Waals surface area (Å²) in [5.41, 5.74) is 4.84. The minimum atomic E-state index is 1.10. The van der Waals surface area contributed by atoms with Crippen LogP contribution in [0.2, 0.25) is 0 Å². The smallest absolute Gasteiger partial charge is 0.0465 e. The van der Waals surface area contributed by atoms with Crippen molar-refractivity contribution in [3.8, 4) is 11.3 Å². The highest BCUT2D eigenvalue weighted by Gasteiger charge is 2.03. The summed E-state index contributed by atoms with van der Waals surface area (Å²) < 4.78 is 1.10. The van der Waals surface area contributed by atoms with Crippen LogP contribution in [0, 0.1) is 6.92 Å². The Balaban J connectivity index is 2.18. The number of hydrogen-bond acceptors (Lipinski definition) is 0. The van der Waals surface area contributed by atoms with Crippen molar-refractivity contribution < 1.29 is 0 Å². The van der Waals surface area contributed by atoms with Crippen LogP contribution < -0.4 is 0 Å². The first-order valence-electron chi connectivity index (χ1n) is 5.58. The van der Waals surface area contributed by atoms with Crippen LogP contribution in [0.4, 0.5) is 0 Å². The molecule has 0 saturated carbocycles. The highest BCUT2D eigenvalue weighted by molar-refractivity contribution is 9.10. The number of halogens is 1. The molecule has 0 saturated heterocycles. The Bertz CT molecular complexity index is 682. The van der Waals surface area contributed by atoms with Crippen LogP contribution in [0.5, 0.6) is 0 Å². The van der Waals surface area contributed by atoms with Gasteiger partial charge in [-0.3, -0.25) is 0 Å². The maximum atomic E-state index is 3.50. The predicted octanol–water partition coefficient (Wildman–Crippen LogP) is 4.91. The van der Waals surface area contributed by atoms with E-state index in [2.05, 4.69) is 70.3 Å². The van der Waals surface area contributed by atoms with Crippen molar-refractivity contribution in [2.24, 2.45) is 0 Å². The second-order valence-electron chi connectivity index (χ2n) is 4.28. The summed E-state index contributed by atoms with van der Waals surface area (Å²) >= 11 is 3.50. The first kappa shape index (κ1) is 10.6. The molecule has 0 radical (unpaired) electrons. The largest absolute Gasteiger partial charge is 0.355 e. The van der Waals surface area contributed by atoms with Gasteiger partial charge in [0.15, 0.2) is 0 Å². The van der Waals surface area contributed by atoms with E-state index in [9.17, 15) is 0 Å². The zero-order valence-electron chi connectivity index (χ0n) is 9.50. The van der Waals surface area contributed by atoms with Crippen molar-refractivity contribution in [3.05, 3.63) is 58.6 Å². The van der Waals surface area contributed by atoms with E-state index in [-0.39, 0.29) is 0 Å². The molecule has 0 fully saturated rings. The monoisotopic (exact) mass is 285 g/mol. The summed E-state index contributed by atoms with van der Waals surface area (Å²) in [6.07, 6.45) is 0. The molecular formula is C15H12BrN. The molecule has 1 N–H and O–H groups in total. The van der Waals surface area contributed by atoms with E-state index in [4.69, 9.17) is 0 Å². The van der Waals surface area contributed by atoms with E-state index in [0.29, 0.717) is 0 Å². The Morgan fingerprint density at radius 1 is 1.00 bits per heavy atom. The minimum absolute atomic E-state index is 1.10. The average Bonchev–Trinajstić information content (AvgIpc) is 2.72. The van der Waals surface area contributed by atoms with Gasteiger partial charge in [0.25, 0.3) is 0 Å². The van der Waals surface area contributed by atoms with Crippen LogP contribution in [-0.2, 0) is 0 Å². The minimum Gasteiger partial charge on any atom is -0.355 e. The molecule has 2 heteroatoms. The summed E-state index contributed by atoms with van der Waals surface area (Å²) in [6, 6.07) is 17.0. The summed E-state index contributed by atoms with van der Waals surface area (Å²) in [6.45, 7) is 2.12. The first-order valence-corrected chi connectivity index (χ1v) is 6.37. The van der Waals surface area contributed by atoms with Crippen LogP contribution in [-0.4, -0.2) is 4.98 Å². The molecule has 1 nitrogen and oxygen atoms in total. The summed E-state index contributed by atoms with van der Waals surface area (Å²) in [7, 11) is 0. The molecule has 0 atom stereocenters. The van der Waals surface area contributed by atoms with E-state index < -0.39 is 0 Å². The van der Waals surface area contributed by atoms with E-state index in [1.807, 2.05) is 6.07 Å². The van der Waals surface area contributed by atoms with Gasteiger partial charge in [0.05, 0.1) is 0 Å². The van der Waals surface area contributed by atoms with Crippen molar-refractivity contribution >= 4 is 26.8 Å². The lowest BCUT2D eigenvalue weighted by Gasteiger charge is -1.97. The molecule has 84 valence electrons. The lowest BCUT2D eigenvalue weighted by molar-refractivity contribution is 1.44. The standard InChI is InChI=1S/C15H12BrN/c1-10-5-6-14-12(7-10)9-15(17-14)11-3-2-4-13(16)8-11/h2-9,17H,1H3. The molecule has 0 bridgehead atoms. The number of rotatable bonds is 1. The molecule has 0 spiro atoms. The molecule has 0 aliphatic heterocycles. The molecule has 2 aromatic carbocycles. The zero-order chi connectivity index (χ0) is 11.8. The normalized spacial score (nSPS) is 10.9. The van der Waals surface area contributed by atoms with Crippen LogP contribution in [0.3, 0.4) is 0 Å². The fourth-order valence-electron chi connectivity index (χ4n) is 2.06. The molecule has 3 aromatic rings. The van der Waals surface area contributed by atoms with Gasteiger partial charge in [-0.05, 0) is 42.8 Å². The molecule has 1 heterocycles. The van der Waals surface area contributed by atoms with Gasteiger partial charge in [0.2, 0.25) is 0 Å². The van der Waals surface area contributed by atoms with Crippen molar-refractivity contribution in [1.82, 2.24) is 4.98 Å². The van der Waals surface area contributed by atoms with Crippen LogP contribution in [0.1, 0.15) is 5.56 Å². The Hall–Kier alpha value is -1.54. The van der Waals surface area contributed by atoms with Gasteiger partial charge in [-0.1, -0.05) is 39.7 Å². The van der Waals surface area contributed by atoms with E-state index >= 15 is 0 Å². The molecule has 0 unspecified atom stereocenters. The Labute approximate surface area is 109 Å². The molecule has 1 aromatic heterocycles. The average molecular weight is 286 g/mol. The second-order valence-corrected chi connectivity index (χ2v) is 5.20. The first-order chi connectivity index (χ1) is 8.22. The van der Waals surface area contributed by atoms with Gasteiger partial charge in [0, 0.05) is 21.1 Å². The van der Waals surface area contributed by atoms with Crippen LogP contribution in [0.25, 0.3) is 22.2 Å². The van der Waals surface area contributed by atoms with Gasteiger partial charge in [0.1, 0.15) is 0 Å². The van der Waals surface area contributed by atoms with Gasteiger partial charge in [-0.15, -0.1) is 0 Å². The van der Waals surface area contributed by atoms with Crippen molar-refractivity contribution in [2.45, 2.75) is 6.92 Å². The maximum Gasteiger partial charge on any atom is 0.0465 e. The predicted molar refractivity (Wildman–Crippen MR) is 76.2 cm³/mol. The lowest BCUT2D eigenvalue weighted by atomic mass is 10.1. The number of fused-ring (bicyclic) bond motifs is 1. The highest BCUT2D eigenvalue weighted by Crippen LogP contribution is 2.26. The third-order valence-electron chi connectivity index (χ3n) is 2.91. The summed E-state index contributed by atoms with van der Waals surface area (Å²) in [5, 5.41) is 1.26. The van der Waals surface area contributed by atoms with E-state index in [1.54, 1.807) is 0 Å². The molecule has 0 aliphatic carbocycles. The molecule has 3 rings (SSSR count). The van der Waals surface area contributed by atoms with Gasteiger partial charge in [-0.2, -0.15) is 0 Å². The lowest BCUT2D eigenvalue weighted by Crippen LogP contribution is -1.76. The topological polar surface area (TPSA) is 15.8 Å². The number of nitrogens with one attached hydrogen (secondary N) is 1. The fourth-order valence-corrected chi connectivity index (χ4v) is 2.46. The van der Waals surface area contributed by atoms with Crippen molar-refractivity contribution in [3.63, 3.8) is 0 Å². The third-order valence-corrected chi connectivity index (χ3v) is 3.41. The number of benzene rings is 2. The Morgan fingerprint density at radius 3 is 2.71 bits per heavy atom. The highest BCUT2D eigenvalue weighted by atomic mass is 79.9. The fraction of sp³-hybridized carbons (Fsp3) is 0.0667. The molecule has 0 amide bonds. The second kappa shape index (κ2) is 4.04. The molecular weight excluding hydrogens is 274 g/mol. The molecule has 0 aliphatic rings. The van der Waals surface area contributed by atoms with E-state index in [1.165, 1.54) is 22.0 Å². The van der Waals surface area contributed by atoms with Gasteiger partial charge < -0.3 is 4.98 Å². The van der Waals surface area contributed by atoms with Gasteiger partial charge >= 0.3 is 0 Å². The maximum absolute atomic E-state index is 3.50. The summed E-state index contributed by atoms with van der Waals surface area (Å²) in [5.74, 6) is 0. The zero-order valence-corrected chi connectivity index (χ0v) is 11.1. The Morgan fingerprint density at radius 2 is 1.88 bits per heavy atom. The number of aromatic amines is 1. The number of H-pyrrole nitrogens is 1. The summed E-state index contributed by atoms with van der Waals surface area (Å²) in [4.78, 5) is 3.45. The number of hydrogen-bond donors (Lipinski definition) is 1.